The van der Waals surface area contributed by atoms with E-state index >= 15 is 0 Å². The van der Waals surface area contributed by atoms with Crippen LogP contribution in [0.4, 0.5) is 0 Å². The Morgan fingerprint density at radius 3 is 2.67 bits per heavy atom. The van der Waals surface area contributed by atoms with Gasteiger partial charge in [-0.15, -0.1) is 0 Å². The Balaban J connectivity index is 2.59. The van der Waals surface area contributed by atoms with Crippen LogP contribution in [-0.2, 0) is 0 Å². The highest BCUT2D eigenvalue weighted by Gasteiger charge is 2.04. The van der Waals surface area contributed by atoms with Crippen molar-refractivity contribution in [2.45, 2.75) is 0 Å². The molecule has 1 N–H and O–H groups in total. The van der Waals surface area contributed by atoms with Crippen LogP contribution in [0, 0.1) is 4.64 Å². The number of aromatic nitrogens is 2. The van der Waals surface area contributed by atoms with E-state index in [0.29, 0.717) is 14.7 Å². The van der Waals surface area contributed by atoms with Crippen molar-refractivity contribution in [2.24, 2.45) is 0 Å². The fourth-order valence-electron chi connectivity index (χ4n) is 1.22. The van der Waals surface area contributed by atoms with Crippen LogP contribution in [0.2, 0.25) is 10.0 Å². The van der Waals surface area contributed by atoms with Gasteiger partial charge in [0.25, 0.3) is 0 Å². The van der Waals surface area contributed by atoms with E-state index < -0.39 is 0 Å². The van der Waals surface area contributed by atoms with Crippen LogP contribution in [0.25, 0.3) is 11.3 Å². The zero-order valence-electron chi connectivity index (χ0n) is 7.50. The minimum absolute atomic E-state index is 0.568. The largest absolute Gasteiger partial charge is 0.344 e. The van der Waals surface area contributed by atoms with Gasteiger partial charge in [0.1, 0.15) is 4.64 Å². The first-order valence-electron chi connectivity index (χ1n) is 4.16. The Bertz CT molecular complexity index is 551. The van der Waals surface area contributed by atoms with E-state index in [2.05, 4.69) is 9.97 Å². The number of rotatable bonds is 1. The first kappa shape index (κ1) is 10.6. The lowest BCUT2D eigenvalue weighted by molar-refractivity contribution is 1.18. The molecule has 0 saturated carbocycles. The Hall–Kier alpha value is -0.900. The third-order valence-electron chi connectivity index (χ3n) is 1.87. The van der Waals surface area contributed by atoms with Crippen LogP contribution in [-0.4, -0.2) is 9.97 Å². The third-order valence-corrected chi connectivity index (χ3v) is 2.63. The van der Waals surface area contributed by atoms with Gasteiger partial charge in [0.2, 0.25) is 0 Å². The molecule has 0 atom stereocenters. The van der Waals surface area contributed by atoms with Crippen molar-refractivity contribution in [2.75, 3.05) is 0 Å². The lowest BCUT2D eigenvalue weighted by Crippen LogP contribution is -1.86. The van der Waals surface area contributed by atoms with Crippen molar-refractivity contribution < 1.29 is 0 Å². The number of hydrogen-bond acceptors (Lipinski definition) is 2. The molecule has 0 aliphatic carbocycles. The molecule has 0 aliphatic heterocycles. The summed E-state index contributed by atoms with van der Waals surface area (Å²) in [6.45, 7) is 0. The molecule has 1 heterocycles. The summed E-state index contributed by atoms with van der Waals surface area (Å²) in [4.78, 5) is 7.01. The van der Waals surface area contributed by atoms with Crippen molar-refractivity contribution in [3.05, 3.63) is 45.3 Å². The van der Waals surface area contributed by atoms with Crippen LogP contribution in [0.15, 0.2) is 30.6 Å². The summed E-state index contributed by atoms with van der Waals surface area (Å²) in [6.07, 6.45) is 3.24. The topological polar surface area (TPSA) is 28.7 Å². The van der Waals surface area contributed by atoms with Crippen LogP contribution >= 0.6 is 35.4 Å². The first-order valence-corrected chi connectivity index (χ1v) is 5.33. The molecule has 1 aromatic heterocycles. The second kappa shape index (κ2) is 4.31. The number of H-pyrrole nitrogens is 1. The standard InChI is InChI=1S/C10H6Cl2N2S/c11-6-1-2-7(8(12)3-6)9-4-13-5-10(15)14-9/h1-5H,(H,14,15). The van der Waals surface area contributed by atoms with Gasteiger partial charge in [0.05, 0.1) is 23.1 Å². The zero-order valence-corrected chi connectivity index (χ0v) is 9.83. The van der Waals surface area contributed by atoms with E-state index in [0.717, 1.165) is 11.3 Å². The Morgan fingerprint density at radius 2 is 2.00 bits per heavy atom. The molecule has 0 fully saturated rings. The summed E-state index contributed by atoms with van der Waals surface area (Å²) in [5, 5.41) is 1.17. The summed E-state index contributed by atoms with van der Waals surface area (Å²) in [5.74, 6) is 0. The molecule has 0 aliphatic rings. The van der Waals surface area contributed by atoms with Crippen molar-refractivity contribution in [1.29, 1.82) is 0 Å². The molecule has 0 radical (unpaired) electrons. The van der Waals surface area contributed by atoms with Gasteiger partial charge in [-0.3, -0.25) is 4.98 Å². The van der Waals surface area contributed by atoms with Gasteiger partial charge in [0, 0.05) is 10.6 Å². The number of halogens is 2. The molecule has 0 saturated heterocycles. The SMILES string of the molecule is S=c1cncc(-c2ccc(Cl)cc2Cl)[nH]1. The molecule has 0 unspecified atom stereocenters. The number of benzene rings is 1. The molecule has 1 aromatic carbocycles. The fraction of sp³-hybridized carbons (Fsp3) is 0. The summed E-state index contributed by atoms with van der Waals surface area (Å²) in [5.41, 5.74) is 1.62. The molecule has 15 heavy (non-hydrogen) atoms. The minimum Gasteiger partial charge on any atom is -0.344 e. The minimum atomic E-state index is 0.568. The highest BCUT2D eigenvalue weighted by molar-refractivity contribution is 7.71. The van der Waals surface area contributed by atoms with E-state index in [1.165, 1.54) is 0 Å². The van der Waals surface area contributed by atoms with Gasteiger partial charge in [-0.2, -0.15) is 0 Å². The Kier molecular flexibility index (Phi) is 3.05. The maximum absolute atomic E-state index is 6.05. The quantitative estimate of drug-likeness (QED) is 0.778. The lowest BCUT2D eigenvalue weighted by atomic mass is 10.2. The lowest BCUT2D eigenvalue weighted by Gasteiger charge is -2.03. The van der Waals surface area contributed by atoms with Crippen molar-refractivity contribution in [3.8, 4) is 11.3 Å². The number of aromatic amines is 1. The van der Waals surface area contributed by atoms with Gasteiger partial charge in [-0.1, -0.05) is 35.4 Å². The van der Waals surface area contributed by atoms with E-state index in [-0.39, 0.29) is 0 Å². The first-order chi connectivity index (χ1) is 7.16. The van der Waals surface area contributed by atoms with Crippen molar-refractivity contribution >= 4 is 35.4 Å². The van der Waals surface area contributed by atoms with Gasteiger partial charge in [-0.25, -0.2) is 0 Å². The number of hydrogen-bond donors (Lipinski definition) is 1. The smallest absolute Gasteiger partial charge is 0.122 e. The second-order valence-electron chi connectivity index (χ2n) is 2.93. The third kappa shape index (κ3) is 2.37. The molecule has 2 aromatic rings. The summed E-state index contributed by atoms with van der Waals surface area (Å²) < 4.78 is 0.568. The van der Waals surface area contributed by atoms with E-state index in [4.69, 9.17) is 35.4 Å². The normalized spacial score (nSPS) is 10.3. The maximum Gasteiger partial charge on any atom is 0.122 e. The van der Waals surface area contributed by atoms with Gasteiger partial charge in [-0.05, 0) is 18.2 Å². The predicted octanol–water partition coefficient (Wildman–Crippen LogP) is 4.11. The summed E-state index contributed by atoms with van der Waals surface area (Å²) >= 11 is 16.8. The predicted molar refractivity (Wildman–Crippen MR) is 64.9 cm³/mol. The average Bonchev–Trinajstić information content (AvgIpc) is 2.17. The zero-order chi connectivity index (χ0) is 10.8. The highest BCUT2D eigenvalue weighted by atomic mass is 35.5. The second-order valence-corrected chi connectivity index (χ2v) is 4.22. The van der Waals surface area contributed by atoms with Gasteiger partial charge in [0.15, 0.2) is 0 Å². The molecular formula is C10H6Cl2N2S. The summed E-state index contributed by atoms with van der Waals surface area (Å²) in [6, 6.07) is 5.28. The molecule has 2 nitrogen and oxygen atoms in total. The van der Waals surface area contributed by atoms with Gasteiger partial charge >= 0.3 is 0 Å². The van der Waals surface area contributed by atoms with Crippen LogP contribution < -0.4 is 0 Å². The molecular weight excluding hydrogens is 251 g/mol. The molecule has 0 spiro atoms. The number of nitrogens with one attached hydrogen (secondary N) is 1. The van der Waals surface area contributed by atoms with E-state index in [1.54, 1.807) is 24.5 Å². The van der Waals surface area contributed by atoms with E-state index in [9.17, 15) is 0 Å². The van der Waals surface area contributed by atoms with Crippen LogP contribution in [0.1, 0.15) is 0 Å². The Labute approximate surface area is 102 Å². The van der Waals surface area contributed by atoms with Crippen molar-refractivity contribution in [3.63, 3.8) is 0 Å². The molecule has 0 amide bonds. The average molecular weight is 257 g/mol. The van der Waals surface area contributed by atoms with Gasteiger partial charge < -0.3 is 4.98 Å². The monoisotopic (exact) mass is 256 g/mol. The molecule has 0 bridgehead atoms. The maximum atomic E-state index is 6.05. The molecule has 5 heteroatoms. The fourth-order valence-corrected chi connectivity index (χ4v) is 1.90. The van der Waals surface area contributed by atoms with Crippen molar-refractivity contribution in [1.82, 2.24) is 9.97 Å². The van der Waals surface area contributed by atoms with Crippen LogP contribution in [0.3, 0.4) is 0 Å². The van der Waals surface area contributed by atoms with E-state index in [1.807, 2.05) is 6.07 Å². The highest BCUT2D eigenvalue weighted by Crippen LogP contribution is 2.28. The summed E-state index contributed by atoms with van der Waals surface area (Å²) in [7, 11) is 0. The Morgan fingerprint density at radius 1 is 1.20 bits per heavy atom. The molecule has 76 valence electrons. The number of nitrogens with zero attached hydrogens (tertiary/aromatic N) is 1. The van der Waals surface area contributed by atoms with Crippen LogP contribution in [0.5, 0.6) is 0 Å². The molecule has 2 rings (SSSR count).